The van der Waals surface area contributed by atoms with E-state index >= 15 is 0 Å². The Balaban J connectivity index is 1.88. The van der Waals surface area contributed by atoms with Gasteiger partial charge in [0.05, 0.1) is 11.7 Å². The number of nitrogens with one attached hydrogen (secondary N) is 1. The molecule has 0 radical (unpaired) electrons. The summed E-state index contributed by atoms with van der Waals surface area (Å²) in [6, 6.07) is 5.48. The van der Waals surface area contributed by atoms with Crippen molar-refractivity contribution in [1.82, 2.24) is 14.8 Å². The summed E-state index contributed by atoms with van der Waals surface area (Å²) >= 11 is 0. The van der Waals surface area contributed by atoms with E-state index in [0.717, 1.165) is 5.52 Å². The molecule has 0 aromatic carbocycles. The SMILES string of the molecule is Cc1oncc1C(=O)Nc1ccn2nccc2c1. The molecule has 0 atom stereocenters. The van der Waals surface area contributed by atoms with Gasteiger partial charge in [-0.2, -0.15) is 5.10 Å². The molecular weight excluding hydrogens is 232 g/mol. The summed E-state index contributed by atoms with van der Waals surface area (Å²) < 4.78 is 6.58. The maximum Gasteiger partial charge on any atom is 0.260 e. The topological polar surface area (TPSA) is 72.4 Å². The van der Waals surface area contributed by atoms with E-state index in [0.29, 0.717) is 17.0 Å². The molecule has 0 aliphatic rings. The number of hydrogen-bond donors (Lipinski definition) is 1. The highest BCUT2D eigenvalue weighted by Gasteiger charge is 2.12. The van der Waals surface area contributed by atoms with Crippen LogP contribution >= 0.6 is 0 Å². The minimum Gasteiger partial charge on any atom is -0.361 e. The fourth-order valence-corrected chi connectivity index (χ4v) is 1.71. The van der Waals surface area contributed by atoms with Crippen molar-refractivity contribution in [3.63, 3.8) is 0 Å². The quantitative estimate of drug-likeness (QED) is 0.744. The third-order valence-electron chi connectivity index (χ3n) is 2.65. The van der Waals surface area contributed by atoms with Gasteiger partial charge >= 0.3 is 0 Å². The lowest BCUT2D eigenvalue weighted by Gasteiger charge is -2.04. The second kappa shape index (κ2) is 3.99. The molecule has 0 saturated heterocycles. The van der Waals surface area contributed by atoms with Gasteiger partial charge in [-0.1, -0.05) is 5.16 Å². The Kier molecular flexibility index (Phi) is 2.33. The van der Waals surface area contributed by atoms with Crippen molar-refractivity contribution in [2.45, 2.75) is 6.92 Å². The third kappa shape index (κ3) is 1.73. The van der Waals surface area contributed by atoms with E-state index in [1.54, 1.807) is 29.9 Å². The maximum absolute atomic E-state index is 11.9. The highest BCUT2D eigenvalue weighted by molar-refractivity contribution is 6.04. The van der Waals surface area contributed by atoms with E-state index in [1.165, 1.54) is 6.20 Å². The van der Waals surface area contributed by atoms with Crippen LogP contribution in [0.4, 0.5) is 5.69 Å². The van der Waals surface area contributed by atoms with Crippen molar-refractivity contribution < 1.29 is 9.32 Å². The summed E-state index contributed by atoms with van der Waals surface area (Å²) in [6.07, 6.45) is 4.89. The Morgan fingerprint density at radius 2 is 2.33 bits per heavy atom. The van der Waals surface area contributed by atoms with Crippen molar-refractivity contribution in [3.8, 4) is 0 Å². The van der Waals surface area contributed by atoms with Gasteiger partial charge in [0.2, 0.25) is 0 Å². The Hall–Kier alpha value is -2.63. The lowest BCUT2D eigenvalue weighted by atomic mass is 10.2. The average Bonchev–Trinajstić information content (AvgIpc) is 2.96. The van der Waals surface area contributed by atoms with Gasteiger partial charge in [0, 0.05) is 18.1 Å². The van der Waals surface area contributed by atoms with Gasteiger partial charge in [-0.15, -0.1) is 0 Å². The Morgan fingerprint density at radius 3 is 3.11 bits per heavy atom. The zero-order chi connectivity index (χ0) is 12.5. The van der Waals surface area contributed by atoms with Crippen LogP contribution in [0.15, 0.2) is 41.3 Å². The Labute approximate surface area is 102 Å². The average molecular weight is 242 g/mol. The summed E-state index contributed by atoms with van der Waals surface area (Å²) in [5.41, 5.74) is 2.05. The molecule has 0 spiro atoms. The number of pyridine rings is 1. The molecule has 0 bridgehead atoms. The molecule has 1 amide bonds. The molecule has 0 unspecified atom stereocenters. The lowest BCUT2D eigenvalue weighted by molar-refractivity contribution is 0.102. The Morgan fingerprint density at radius 1 is 1.44 bits per heavy atom. The van der Waals surface area contributed by atoms with Crippen LogP contribution in [0.2, 0.25) is 0 Å². The first kappa shape index (κ1) is 10.5. The minimum atomic E-state index is -0.238. The van der Waals surface area contributed by atoms with E-state index in [1.807, 2.05) is 12.1 Å². The molecule has 3 rings (SSSR count). The summed E-state index contributed by atoms with van der Waals surface area (Å²) in [4.78, 5) is 11.9. The lowest BCUT2D eigenvalue weighted by Crippen LogP contribution is -2.12. The molecule has 3 aromatic heterocycles. The van der Waals surface area contributed by atoms with Crippen molar-refractivity contribution in [3.05, 3.63) is 48.1 Å². The van der Waals surface area contributed by atoms with Crippen molar-refractivity contribution in [2.24, 2.45) is 0 Å². The molecule has 0 fully saturated rings. The number of carbonyl (C=O) groups is 1. The molecule has 0 saturated carbocycles. The van der Waals surface area contributed by atoms with Gasteiger partial charge in [0.25, 0.3) is 5.91 Å². The van der Waals surface area contributed by atoms with Crippen LogP contribution in [0.1, 0.15) is 16.1 Å². The first-order chi connectivity index (χ1) is 8.74. The predicted octanol–water partition coefficient (Wildman–Crippen LogP) is 1.88. The van der Waals surface area contributed by atoms with E-state index in [2.05, 4.69) is 15.6 Å². The number of rotatable bonds is 2. The number of fused-ring (bicyclic) bond motifs is 1. The van der Waals surface area contributed by atoms with Gasteiger partial charge in [-0.25, -0.2) is 4.52 Å². The first-order valence-electron chi connectivity index (χ1n) is 5.40. The molecule has 6 heteroatoms. The van der Waals surface area contributed by atoms with Crippen LogP contribution in [0.25, 0.3) is 5.52 Å². The second-order valence-electron chi connectivity index (χ2n) is 3.87. The molecule has 0 aliphatic carbocycles. The summed E-state index contributed by atoms with van der Waals surface area (Å²) in [7, 11) is 0. The summed E-state index contributed by atoms with van der Waals surface area (Å²) in [6.45, 7) is 1.70. The highest BCUT2D eigenvalue weighted by atomic mass is 16.5. The van der Waals surface area contributed by atoms with E-state index in [-0.39, 0.29) is 5.91 Å². The fourth-order valence-electron chi connectivity index (χ4n) is 1.71. The largest absolute Gasteiger partial charge is 0.361 e. The number of aromatic nitrogens is 3. The second-order valence-corrected chi connectivity index (χ2v) is 3.87. The molecule has 3 heterocycles. The van der Waals surface area contributed by atoms with Gasteiger partial charge in [0.15, 0.2) is 0 Å². The molecule has 18 heavy (non-hydrogen) atoms. The van der Waals surface area contributed by atoms with Crippen molar-refractivity contribution in [2.75, 3.05) is 5.32 Å². The van der Waals surface area contributed by atoms with Crippen LogP contribution < -0.4 is 5.32 Å². The normalized spacial score (nSPS) is 10.7. The van der Waals surface area contributed by atoms with Gasteiger partial charge in [0.1, 0.15) is 11.3 Å². The van der Waals surface area contributed by atoms with E-state index in [4.69, 9.17) is 4.52 Å². The number of aryl methyl sites for hydroxylation is 1. The maximum atomic E-state index is 11.9. The van der Waals surface area contributed by atoms with Gasteiger partial charge in [-0.05, 0) is 25.1 Å². The summed E-state index contributed by atoms with van der Waals surface area (Å²) in [5, 5.41) is 10.4. The Bertz CT molecular complexity index is 714. The number of nitrogens with zero attached hydrogens (tertiary/aromatic N) is 3. The third-order valence-corrected chi connectivity index (χ3v) is 2.65. The smallest absolute Gasteiger partial charge is 0.260 e. The standard InChI is InChI=1S/C12H10N4O2/c1-8-11(7-14-18-8)12(17)15-9-3-5-16-10(6-9)2-4-13-16/h2-7H,1H3,(H,15,17). The number of anilines is 1. The monoisotopic (exact) mass is 242 g/mol. The summed E-state index contributed by atoms with van der Waals surface area (Å²) in [5.74, 6) is 0.260. The van der Waals surface area contributed by atoms with Gasteiger partial charge < -0.3 is 9.84 Å². The molecule has 0 aliphatic heterocycles. The molecular formula is C12H10N4O2. The number of amides is 1. The van der Waals surface area contributed by atoms with Crippen LogP contribution in [-0.2, 0) is 0 Å². The van der Waals surface area contributed by atoms with Crippen LogP contribution in [0, 0.1) is 6.92 Å². The van der Waals surface area contributed by atoms with Crippen LogP contribution in [0.5, 0.6) is 0 Å². The first-order valence-corrected chi connectivity index (χ1v) is 5.40. The zero-order valence-electron chi connectivity index (χ0n) is 9.62. The minimum absolute atomic E-state index is 0.238. The molecule has 1 N–H and O–H groups in total. The molecule has 3 aromatic rings. The highest BCUT2D eigenvalue weighted by Crippen LogP contribution is 2.14. The van der Waals surface area contributed by atoms with E-state index in [9.17, 15) is 4.79 Å². The van der Waals surface area contributed by atoms with Crippen molar-refractivity contribution >= 4 is 17.1 Å². The van der Waals surface area contributed by atoms with Crippen LogP contribution in [-0.4, -0.2) is 20.7 Å². The zero-order valence-corrected chi connectivity index (χ0v) is 9.62. The van der Waals surface area contributed by atoms with E-state index < -0.39 is 0 Å². The number of carbonyl (C=O) groups excluding carboxylic acids is 1. The van der Waals surface area contributed by atoms with Crippen molar-refractivity contribution in [1.29, 1.82) is 0 Å². The van der Waals surface area contributed by atoms with Gasteiger partial charge in [-0.3, -0.25) is 4.79 Å². The molecule has 90 valence electrons. The number of hydrogen-bond acceptors (Lipinski definition) is 4. The predicted molar refractivity (Wildman–Crippen MR) is 64.4 cm³/mol. The fraction of sp³-hybridized carbons (Fsp3) is 0.0833. The molecule has 6 nitrogen and oxygen atoms in total. The van der Waals surface area contributed by atoms with Crippen LogP contribution in [0.3, 0.4) is 0 Å².